The van der Waals surface area contributed by atoms with Crippen molar-refractivity contribution in [2.24, 2.45) is 5.73 Å². The Balaban J connectivity index is 1.62. The van der Waals surface area contributed by atoms with E-state index in [4.69, 9.17) is 20.0 Å². The van der Waals surface area contributed by atoms with E-state index in [-0.39, 0.29) is 6.42 Å². The highest BCUT2D eigenvalue weighted by Crippen LogP contribution is 2.24. The molecular weight excluding hydrogens is 396 g/mol. The van der Waals surface area contributed by atoms with Gasteiger partial charge in [0.05, 0.1) is 12.3 Å². The second kappa shape index (κ2) is 9.93. The van der Waals surface area contributed by atoms with Gasteiger partial charge in [0, 0.05) is 24.0 Å². The Hall–Kier alpha value is -3.61. The summed E-state index contributed by atoms with van der Waals surface area (Å²) in [5.74, 6) is 0.678. The Morgan fingerprint density at radius 3 is 2.48 bits per heavy atom. The number of carboxylic acid groups (broad SMARTS) is 1. The summed E-state index contributed by atoms with van der Waals surface area (Å²) in [6, 6.07) is 12.6. The summed E-state index contributed by atoms with van der Waals surface area (Å²) in [6.45, 7) is 4.33. The molecule has 0 aliphatic carbocycles. The van der Waals surface area contributed by atoms with Crippen molar-refractivity contribution in [3.05, 3.63) is 70.6 Å². The molecule has 0 aliphatic rings. The molecule has 3 aromatic rings. The van der Waals surface area contributed by atoms with E-state index in [0.29, 0.717) is 30.9 Å². The minimum atomic E-state index is -0.798. The lowest BCUT2D eigenvalue weighted by atomic mass is 10.0. The van der Waals surface area contributed by atoms with Gasteiger partial charge in [-0.1, -0.05) is 13.0 Å². The number of hydrogen-bond donors (Lipinski definition) is 2. The number of hydrogen-bond acceptors (Lipinski definition) is 5. The molecule has 1 aromatic heterocycles. The highest BCUT2D eigenvalue weighted by molar-refractivity contribution is 5.93. The molecule has 0 fully saturated rings. The van der Waals surface area contributed by atoms with E-state index in [1.54, 1.807) is 24.3 Å². The van der Waals surface area contributed by atoms with Crippen molar-refractivity contribution in [3.8, 4) is 17.2 Å². The predicted octanol–water partition coefficient (Wildman–Crippen LogP) is 3.95. The Bertz CT molecular complexity index is 1070. The van der Waals surface area contributed by atoms with Crippen LogP contribution in [0.4, 0.5) is 0 Å². The lowest BCUT2D eigenvalue weighted by Crippen LogP contribution is -2.10. The van der Waals surface area contributed by atoms with E-state index >= 15 is 0 Å². The number of amides is 1. The maximum Gasteiger partial charge on any atom is 0.303 e. The third-order valence-electron chi connectivity index (χ3n) is 5.08. The molecule has 0 radical (unpaired) electrons. The number of primary amides is 1. The number of rotatable bonds is 10. The van der Waals surface area contributed by atoms with Crippen molar-refractivity contribution in [2.75, 3.05) is 6.61 Å². The molecule has 0 saturated heterocycles. The number of aryl methyl sites for hydroxylation is 3. The van der Waals surface area contributed by atoms with Gasteiger partial charge in [0.25, 0.3) is 0 Å². The number of oxazole rings is 1. The van der Waals surface area contributed by atoms with Gasteiger partial charge in [0.2, 0.25) is 11.8 Å². The molecule has 0 atom stereocenters. The standard InChI is InChI=1S/C24H26N2O5/c1-3-16-14-20(10-8-17(16)9-11-22(27)28)30-13-12-21-15(2)31-24(26-21)19-6-4-18(5-7-19)23(25)29/h4-8,10,14H,3,9,11-13H2,1-2H3,(H2,25,29)(H,27,28). The van der Waals surface area contributed by atoms with Crippen LogP contribution in [0, 0.1) is 6.92 Å². The molecule has 0 bridgehead atoms. The Kier molecular flexibility index (Phi) is 7.07. The number of carbonyl (C=O) groups excluding carboxylic acids is 1. The molecule has 0 spiro atoms. The summed E-state index contributed by atoms with van der Waals surface area (Å²) >= 11 is 0. The van der Waals surface area contributed by atoms with Crippen LogP contribution in [0.25, 0.3) is 11.5 Å². The van der Waals surface area contributed by atoms with Gasteiger partial charge in [-0.05, 0) is 67.3 Å². The topological polar surface area (TPSA) is 116 Å². The van der Waals surface area contributed by atoms with Crippen LogP contribution in [0.1, 0.15) is 46.3 Å². The summed E-state index contributed by atoms with van der Waals surface area (Å²) < 4.78 is 11.7. The van der Waals surface area contributed by atoms with Crippen molar-refractivity contribution in [2.45, 2.75) is 39.5 Å². The van der Waals surface area contributed by atoms with Crippen LogP contribution in [-0.4, -0.2) is 28.6 Å². The van der Waals surface area contributed by atoms with Crippen LogP contribution < -0.4 is 10.5 Å². The van der Waals surface area contributed by atoms with Crippen molar-refractivity contribution in [3.63, 3.8) is 0 Å². The summed E-state index contributed by atoms with van der Waals surface area (Å²) in [7, 11) is 0. The molecule has 2 aromatic carbocycles. The monoisotopic (exact) mass is 422 g/mol. The van der Waals surface area contributed by atoms with E-state index < -0.39 is 11.9 Å². The molecule has 7 heteroatoms. The van der Waals surface area contributed by atoms with Gasteiger partial charge in [0.1, 0.15) is 11.5 Å². The molecule has 0 unspecified atom stereocenters. The molecule has 0 aliphatic heterocycles. The second-order valence-corrected chi connectivity index (χ2v) is 7.24. The maximum absolute atomic E-state index is 11.2. The number of ether oxygens (including phenoxy) is 1. The first-order valence-electron chi connectivity index (χ1n) is 10.2. The van der Waals surface area contributed by atoms with E-state index in [9.17, 15) is 9.59 Å². The first kappa shape index (κ1) is 22.1. The number of nitrogens with two attached hydrogens (primary N) is 1. The number of carbonyl (C=O) groups is 2. The Morgan fingerprint density at radius 1 is 1.10 bits per heavy atom. The number of nitrogens with zero attached hydrogens (tertiary/aromatic N) is 1. The molecule has 1 heterocycles. The van der Waals surface area contributed by atoms with Gasteiger partial charge in [-0.25, -0.2) is 4.98 Å². The van der Waals surface area contributed by atoms with Gasteiger partial charge < -0.3 is 20.0 Å². The minimum absolute atomic E-state index is 0.117. The number of aromatic nitrogens is 1. The summed E-state index contributed by atoms with van der Waals surface area (Å²) in [6.07, 6.45) is 2.02. The second-order valence-electron chi connectivity index (χ2n) is 7.24. The van der Waals surface area contributed by atoms with E-state index in [0.717, 1.165) is 40.3 Å². The highest BCUT2D eigenvalue weighted by Gasteiger charge is 2.13. The van der Waals surface area contributed by atoms with Crippen LogP contribution in [0.3, 0.4) is 0 Å². The minimum Gasteiger partial charge on any atom is -0.493 e. The number of benzene rings is 2. The Labute approximate surface area is 180 Å². The largest absolute Gasteiger partial charge is 0.493 e. The highest BCUT2D eigenvalue weighted by atomic mass is 16.5. The van der Waals surface area contributed by atoms with Gasteiger partial charge in [-0.15, -0.1) is 0 Å². The van der Waals surface area contributed by atoms with E-state index in [2.05, 4.69) is 4.98 Å². The zero-order chi connectivity index (χ0) is 22.4. The van der Waals surface area contributed by atoms with Crippen molar-refractivity contribution in [1.82, 2.24) is 4.98 Å². The average Bonchev–Trinajstić information content (AvgIpc) is 3.13. The van der Waals surface area contributed by atoms with Crippen molar-refractivity contribution < 1.29 is 23.8 Å². The third kappa shape index (κ3) is 5.72. The molecule has 0 saturated carbocycles. The molecule has 31 heavy (non-hydrogen) atoms. The third-order valence-corrected chi connectivity index (χ3v) is 5.08. The fraction of sp³-hybridized carbons (Fsp3) is 0.292. The first-order chi connectivity index (χ1) is 14.9. The average molecular weight is 422 g/mol. The Morgan fingerprint density at radius 2 is 1.84 bits per heavy atom. The molecule has 1 amide bonds. The SMILES string of the molecule is CCc1cc(OCCc2nc(-c3ccc(C(N)=O)cc3)oc2C)ccc1CCC(=O)O. The maximum atomic E-state index is 11.2. The fourth-order valence-corrected chi connectivity index (χ4v) is 3.33. The zero-order valence-electron chi connectivity index (χ0n) is 17.7. The molecule has 3 rings (SSSR count). The van der Waals surface area contributed by atoms with E-state index in [1.807, 2.05) is 32.0 Å². The lowest BCUT2D eigenvalue weighted by molar-refractivity contribution is -0.136. The zero-order valence-corrected chi connectivity index (χ0v) is 17.7. The molecular formula is C24H26N2O5. The van der Waals surface area contributed by atoms with Crippen molar-refractivity contribution >= 4 is 11.9 Å². The number of aliphatic carboxylic acids is 1. The molecule has 162 valence electrons. The quantitative estimate of drug-likeness (QED) is 0.511. The normalized spacial score (nSPS) is 10.8. The van der Waals surface area contributed by atoms with Crippen LogP contribution in [-0.2, 0) is 24.1 Å². The van der Waals surface area contributed by atoms with Crippen molar-refractivity contribution in [1.29, 1.82) is 0 Å². The number of carboxylic acids is 1. The van der Waals surface area contributed by atoms with Gasteiger partial charge in [0.15, 0.2) is 0 Å². The first-order valence-corrected chi connectivity index (χ1v) is 10.2. The van der Waals surface area contributed by atoms with Crippen LogP contribution >= 0.6 is 0 Å². The van der Waals surface area contributed by atoms with Gasteiger partial charge >= 0.3 is 5.97 Å². The summed E-state index contributed by atoms with van der Waals surface area (Å²) in [4.78, 5) is 26.6. The van der Waals surface area contributed by atoms with Crippen LogP contribution in [0.15, 0.2) is 46.9 Å². The molecule has 7 nitrogen and oxygen atoms in total. The van der Waals surface area contributed by atoms with Crippen LogP contribution in [0.5, 0.6) is 5.75 Å². The van der Waals surface area contributed by atoms with Gasteiger partial charge in [-0.3, -0.25) is 9.59 Å². The lowest BCUT2D eigenvalue weighted by Gasteiger charge is -2.11. The molecule has 3 N–H and O–H groups in total. The smallest absolute Gasteiger partial charge is 0.303 e. The predicted molar refractivity (Wildman–Crippen MR) is 116 cm³/mol. The van der Waals surface area contributed by atoms with Gasteiger partial charge in [-0.2, -0.15) is 0 Å². The summed E-state index contributed by atoms with van der Waals surface area (Å²) in [5.41, 5.74) is 9.41. The fourth-order valence-electron chi connectivity index (χ4n) is 3.33. The van der Waals surface area contributed by atoms with E-state index in [1.165, 1.54) is 0 Å². The van der Waals surface area contributed by atoms with Crippen LogP contribution in [0.2, 0.25) is 0 Å². The summed E-state index contributed by atoms with van der Waals surface area (Å²) in [5, 5.41) is 8.89.